The van der Waals surface area contributed by atoms with E-state index in [9.17, 15) is 18.0 Å². The lowest BCUT2D eigenvalue weighted by atomic mass is 10.1. The molecule has 1 N–H and O–H groups in total. The first-order valence-electron chi connectivity index (χ1n) is 7.20. The summed E-state index contributed by atoms with van der Waals surface area (Å²) in [6, 6.07) is 7.08. The molecule has 0 atom stereocenters. The van der Waals surface area contributed by atoms with Crippen molar-refractivity contribution in [2.45, 2.75) is 13.1 Å². The molecule has 0 saturated carbocycles. The maximum Gasteiger partial charge on any atom is 0.406 e. The summed E-state index contributed by atoms with van der Waals surface area (Å²) in [5, 5.41) is 3.62. The average Bonchev–Trinajstić information content (AvgIpc) is 2.49. The average molecular weight is 341 g/mol. The molecule has 0 aliphatic heterocycles. The summed E-state index contributed by atoms with van der Waals surface area (Å²) in [5.74, 6) is -0.0717. The fourth-order valence-corrected chi connectivity index (χ4v) is 2.32. The Kier molecular flexibility index (Phi) is 5.16. The van der Waals surface area contributed by atoms with Crippen molar-refractivity contribution in [2.24, 2.45) is 0 Å². The van der Waals surface area contributed by atoms with Crippen LogP contribution in [0.1, 0.15) is 5.69 Å². The van der Waals surface area contributed by atoms with Gasteiger partial charge in [0.05, 0.1) is 13.7 Å². The van der Waals surface area contributed by atoms with E-state index in [1.165, 1.54) is 7.11 Å². The molecule has 0 unspecified atom stereocenters. The van der Waals surface area contributed by atoms with Gasteiger partial charge in [0.2, 0.25) is 5.91 Å². The van der Waals surface area contributed by atoms with E-state index in [0.29, 0.717) is 27.5 Å². The predicted molar refractivity (Wildman–Crippen MR) is 85.2 cm³/mol. The minimum absolute atomic E-state index is 0.248. The highest BCUT2D eigenvalue weighted by molar-refractivity contribution is 5.96. The number of likely N-dealkylation sites (N-methyl/N-ethyl adjacent to an activating group) is 1. The number of ether oxygens (including phenoxy) is 1. The topological polar surface area (TPSA) is 54.5 Å². The van der Waals surface area contributed by atoms with Gasteiger partial charge in [-0.15, -0.1) is 0 Å². The second kappa shape index (κ2) is 6.94. The second-order valence-corrected chi connectivity index (χ2v) is 5.39. The number of nitrogens with one attached hydrogen (secondary N) is 1. The molecule has 1 aromatic heterocycles. The molecular formula is C16H18F3N3O2. The number of aromatic nitrogens is 1. The zero-order valence-corrected chi connectivity index (χ0v) is 13.6. The minimum atomic E-state index is -4.42. The summed E-state index contributed by atoms with van der Waals surface area (Å²) in [6.45, 7) is 0.258. The number of amides is 1. The van der Waals surface area contributed by atoms with Crippen molar-refractivity contribution >= 4 is 22.5 Å². The van der Waals surface area contributed by atoms with E-state index < -0.39 is 18.6 Å². The third kappa shape index (κ3) is 4.27. The standard InChI is InChI=1S/C16H18F3N3O2/c1-10-7-12(11-5-4-6-13(24-3)15(11)21-10)20-8-14(23)22(2)9-16(17,18)19/h4-7H,8-9H2,1-3H3,(H,20,21). The number of halogens is 3. The Labute approximate surface area is 137 Å². The highest BCUT2D eigenvalue weighted by Crippen LogP contribution is 2.29. The monoisotopic (exact) mass is 341 g/mol. The summed E-state index contributed by atoms with van der Waals surface area (Å²) >= 11 is 0. The number of fused-ring (bicyclic) bond motifs is 1. The molecule has 0 aliphatic carbocycles. The number of alkyl halides is 3. The van der Waals surface area contributed by atoms with Crippen molar-refractivity contribution < 1.29 is 22.7 Å². The lowest BCUT2D eigenvalue weighted by Gasteiger charge is -2.20. The fourth-order valence-electron chi connectivity index (χ4n) is 2.32. The van der Waals surface area contributed by atoms with Crippen LogP contribution in [0, 0.1) is 6.92 Å². The van der Waals surface area contributed by atoms with Crippen molar-refractivity contribution in [3.05, 3.63) is 30.0 Å². The maximum atomic E-state index is 12.3. The highest BCUT2D eigenvalue weighted by atomic mass is 19.4. The Hall–Kier alpha value is -2.51. The van der Waals surface area contributed by atoms with Gasteiger partial charge in [-0.3, -0.25) is 4.79 Å². The number of carbonyl (C=O) groups excluding carboxylic acids is 1. The number of nitrogens with zero attached hydrogens (tertiary/aromatic N) is 2. The number of rotatable bonds is 5. The first-order valence-corrected chi connectivity index (χ1v) is 7.20. The molecule has 24 heavy (non-hydrogen) atoms. The van der Waals surface area contributed by atoms with E-state index in [2.05, 4.69) is 10.3 Å². The smallest absolute Gasteiger partial charge is 0.406 e. The van der Waals surface area contributed by atoms with E-state index in [1.54, 1.807) is 31.2 Å². The number of hydrogen-bond donors (Lipinski definition) is 1. The van der Waals surface area contributed by atoms with E-state index in [0.717, 1.165) is 12.4 Å². The van der Waals surface area contributed by atoms with Gasteiger partial charge in [0.15, 0.2) is 0 Å². The second-order valence-electron chi connectivity index (χ2n) is 5.39. The van der Waals surface area contributed by atoms with Gasteiger partial charge in [0.25, 0.3) is 0 Å². The van der Waals surface area contributed by atoms with Crippen molar-refractivity contribution in [3.63, 3.8) is 0 Å². The molecular weight excluding hydrogens is 323 g/mol. The maximum absolute atomic E-state index is 12.3. The summed E-state index contributed by atoms with van der Waals surface area (Å²) in [7, 11) is 2.65. The quantitative estimate of drug-likeness (QED) is 0.908. The lowest BCUT2D eigenvalue weighted by molar-refractivity contribution is -0.157. The van der Waals surface area contributed by atoms with Gasteiger partial charge in [-0.25, -0.2) is 4.98 Å². The highest BCUT2D eigenvalue weighted by Gasteiger charge is 2.31. The normalized spacial score (nSPS) is 11.4. The third-order valence-electron chi connectivity index (χ3n) is 3.42. The van der Waals surface area contributed by atoms with Crippen LogP contribution < -0.4 is 10.1 Å². The van der Waals surface area contributed by atoms with Crippen LogP contribution in [0.15, 0.2) is 24.3 Å². The van der Waals surface area contributed by atoms with Gasteiger partial charge < -0.3 is 15.0 Å². The van der Waals surface area contributed by atoms with E-state index in [1.807, 2.05) is 0 Å². The molecule has 0 aliphatic rings. The Morgan fingerprint density at radius 1 is 1.38 bits per heavy atom. The van der Waals surface area contributed by atoms with E-state index in [4.69, 9.17) is 4.74 Å². The molecule has 0 fully saturated rings. The fraction of sp³-hybridized carbons (Fsp3) is 0.375. The van der Waals surface area contributed by atoms with Gasteiger partial charge in [-0.2, -0.15) is 13.2 Å². The SMILES string of the molecule is COc1cccc2c(NCC(=O)N(C)CC(F)(F)F)cc(C)nc12. The van der Waals surface area contributed by atoms with Gasteiger partial charge in [0.1, 0.15) is 17.8 Å². The van der Waals surface area contributed by atoms with Crippen LogP contribution >= 0.6 is 0 Å². The van der Waals surface area contributed by atoms with Gasteiger partial charge in [0, 0.05) is 23.8 Å². The van der Waals surface area contributed by atoms with E-state index in [-0.39, 0.29) is 6.54 Å². The van der Waals surface area contributed by atoms with Crippen LogP contribution in [0.3, 0.4) is 0 Å². The Morgan fingerprint density at radius 2 is 2.08 bits per heavy atom. The summed E-state index contributed by atoms with van der Waals surface area (Å²) < 4.78 is 42.3. The summed E-state index contributed by atoms with van der Waals surface area (Å²) in [5.41, 5.74) is 1.94. The van der Waals surface area contributed by atoms with Crippen LogP contribution in [0.5, 0.6) is 5.75 Å². The van der Waals surface area contributed by atoms with E-state index >= 15 is 0 Å². The first-order chi connectivity index (χ1) is 11.2. The minimum Gasteiger partial charge on any atom is -0.494 e. The zero-order chi connectivity index (χ0) is 17.9. The van der Waals surface area contributed by atoms with Crippen LogP contribution in [0.4, 0.5) is 18.9 Å². The van der Waals surface area contributed by atoms with Gasteiger partial charge in [-0.1, -0.05) is 12.1 Å². The molecule has 1 aromatic carbocycles. The first kappa shape index (κ1) is 17.8. The van der Waals surface area contributed by atoms with Crippen LogP contribution in [0.2, 0.25) is 0 Å². The molecule has 0 saturated heterocycles. The Balaban J connectivity index is 2.20. The van der Waals surface area contributed by atoms with Crippen LogP contribution in [-0.2, 0) is 4.79 Å². The molecule has 0 bridgehead atoms. The molecule has 5 nitrogen and oxygen atoms in total. The number of benzene rings is 1. The third-order valence-corrected chi connectivity index (χ3v) is 3.42. The number of para-hydroxylation sites is 1. The summed E-state index contributed by atoms with van der Waals surface area (Å²) in [4.78, 5) is 16.9. The van der Waals surface area contributed by atoms with Gasteiger partial charge >= 0.3 is 6.18 Å². The number of hydrogen-bond acceptors (Lipinski definition) is 4. The molecule has 1 amide bonds. The molecule has 0 radical (unpaired) electrons. The molecule has 2 rings (SSSR count). The number of anilines is 1. The largest absolute Gasteiger partial charge is 0.494 e. The molecule has 1 heterocycles. The lowest BCUT2D eigenvalue weighted by Crippen LogP contribution is -2.38. The summed E-state index contributed by atoms with van der Waals surface area (Å²) in [6.07, 6.45) is -4.42. The molecule has 130 valence electrons. The molecule has 2 aromatic rings. The van der Waals surface area contributed by atoms with Crippen molar-refractivity contribution in [3.8, 4) is 5.75 Å². The number of carbonyl (C=O) groups is 1. The van der Waals surface area contributed by atoms with Crippen molar-refractivity contribution in [1.82, 2.24) is 9.88 Å². The molecule has 8 heteroatoms. The van der Waals surface area contributed by atoms with Crippen LogP contribution in [0.25, 0.3) is 10.9 Å². The predicted octanol–water partition coefficient (Wildman–Crippen LogP) is 2.98. The Bertz CT molecular complexity index is 747. The number of pyridine rings is 1. The van der Waals surface area contributed by atoms with Crippen molar-refractivity contribution in [1.29, 1.82) is 0 Å². The number of methoxy groups -OCH3 is 1. The van der Waals surface area contributed by atoms with Crippen LogP contribution in [-0.4, -0.2) is 49.2 Å². The van der Waals surface area contributed by atoms with Crippen molar-refractivity contribution in [2.75, 3.05) is 32.6 Å². The Morgan fingerprint density at radius 3 is 2.71 bits per heavy atom. The van der Waals surface area contributed by atoms with Gasteiger partial charge in [-0.05, 0) is 19.1 Å². The number of aryl methyl sites for hydroxylation is 1. The molecule has 0 spiro atoms. The zero-order valence-electron chi connectivity index (χ0n) is 13.6.